The maximum absolute atomic E-state index is 12.9. The quantitative estimate of drug-likeness (QED) is 0.813. The van der Waals surface area contributed by atoms with Crippen LogP contribution in [0.1, 0.15) is 40.3 Å². The van der Waals surface area contributed by atoms with E-state index in [2.05, 4.69) is 20.0 Å². The van der Waals surface area contributed by atoms with Gasteiger partial charge in [0.05, 0.1) is 0 Å². The molecule has 1 saturated heterocycles. The van der Waals surface area contributed by atoms with E-state index in [1.807, 2.05) is 36.9 Å². The van der Waals surface area contributed by atoms with Crippen LogP contribution in [0.4, 0.5) is 11.8 Å². The summed E-state index contributed by atoms with van der Waals surface area (Å²) < 4.78 is 5.41. The fourth-order valence-electron chi connectivity index (χ4n) is 3.72. The van der Waals surface area contributed by atoms with Gasteiger partial charge in [0.1, 0.15) is 11.6 Å². The summed E-state index contributed by atoms with van der Waals surface area (Å²) in [4.78, 5) is 28.1. The maximum atomic E-state index is 12.9. The summed E-state index contributed by atoms with van der Waals surface area (Å²) in [7, 11) is 3.95. The van der Waals surface area contributed by atoms with Crippen molar-refractivity contribution in [2.45, 2.75) is 32.6 Å². The standard InChI is InChI=1S/C19H26N6O2/c1-13-12-16(23(2)3)21-19(20-13)25-10-8-24(9-11-25)18(26)17-14-6-4-5-7-15(14)27-22-17/h12H,4-11H2,1-3H3. The highest BCUT2D eigenvalue weighted by Crippen LogP contribution is 2.25. The Kier molecular flexibility index (Phi) is 4.72. The minimum atomic E-state index is -0.0132. The molecular weight excluding hydrogens is 344 g/mol. The van der Waals surface area contributed by atoms with E-state index in [0.29, 0.717) is 31.9 Å². The smallest absolute Gasteiger partial charge is 0.276 e. The van der Waals surface area contributed by atoms with Gasteiger partial charge in [-0.1, -0.05) is 5.16 Å². The van der Waals surface area contributed by atoms with Gasteiger partial charge in [0.25, 0.3) is 5.91 Å². The summed E-state index contributed by atoms with van der Waals surface area (Å²) in [5.74, 6) is 2.50. The zero-order valence-electron chi connectivity index (χ0n) is 16.2. The molecule has 0 radical (unpaired) electrons. The topological polar surface area (TPSA) is 78.6 Å². The molecule has 0 aromatic carbocycles. The fourth-order valence-corrected chi connectivity index (χ4v) is 3.72. The lowest BCUT2D eigenvalue weighted by molar-refractivity contribution is 0.0734. The molecule has 8 heteroatoms. The molecule has 0 saturated carbocycles. The molecule has 2 aromatic heterocycles. The van der Waals surface area contributed by atoms with Gasteiger partial charge < -0.3 is 19.2 Å². The molecule has 1 aliphatic heterocycles. The highest BCUT2D eigenvalue weighted by atomic mass is 16.5. The van der Waals surface area contributed by atoms with Crippen LogP contribution in [0.15, 0.2) is 10.6 Å². The second-order valence-electron chi connectivity index (χ2n) is 7.48. The first-order valence-corrected chi connectivity index (χ1v) is 9.57. The first-order chi connectivity index (χ1) is 13.0. The number of hydrogen-bond donors (Lipinski definition) is 0. The van der Waals surface area contributed by atoms with E-state index < -0.39 is 0 Å². The lowest BCUT2D eigenvalue weighted by Crippen LogP contribution is -2.49. The van der Waals surface area contributed by atoms with E-state index in [-0.39, 0.29) is 5.91 Å². The monoisotopic (exact) mass is 370 g/mol. The highest BCUT2D eigenvalue weighted by Gasteiger charge is 2.30. The molecule has 3 heterocycles. The van der Waals surface area contributed by atoms with Gasteiger partial charge in [-0.25, -0.2) is 4.98 Å². The molecule has 27 heavy (non-hydrogen) atoms. The van der Waals surface area contributed by atoms with E-state index in [9.17, 15) is 4.79 Å². The van der Waals surface area contributed by atoms with Crippen LogP contribution in [0.2, 0.25) is 0 Å². The van der Waals surface area contributed by atoms with Gasteiger partial charge in [0.15, 0.2) is 5.69 Å². The van der Waals surface area contributed by atoms with E-state index in [4.69, 9.17) is 4.52 Å². The van der Waals surface area contributed by atoms with Crippen molar-refractivity contribution in [2.75, 3.05) is 50.1 Å². The number of anilines is 2. The summed E-state index contributed by atoms with van der Waals surface area (Å²) in [6, 6.07) is 1.97. The van der Waals surface area contributed by atoms with Crippen LogP contribution in [0, 0.1) is 6.92 Å². The number of aromatic nitrogens is 3. The van der Waals surface area contributed by atoms with E-state index in [0.717, 1.165) is 54.5 Å². The predicted octanol–water partition coefficient (Wildman–Crippen LogP) is 1.68. The van der Waals surface area contributed by atoms with Gasteiger partial charge in [-0.15, -0.1) is 0 Å². The van der Waals surface area contributed by atoms with Crippen LogP contribution in [0.25, 0.3) is 0 Å². The molecule has 8 nitrogen and oxygen atoms in total. The lowest BCUT2D eigenvalue weighted by Gasteiger charge is -2.34. The van der Waals surface area contributed by atoms with Gasteiger partial charge in [0.2, 0.25) is 5.95 Å². The second-order valence-corrected chi connectivity index (χ2v) is 7.48. The number of amides is 1. The van der Waals surface area contributed by atoms with Crippen LogP contribution in [0.5, 0.6) is 0 Å². The minimum Gasteiger partial charge on any atom is -0.363 e. The lowest BCUT2D eigenvalue weighted by atomic mass is 9.96. The number of carbonyl (C=O) groups excluding carboxylic acids is 1. The number of piperazine rings is 1. The molecule has 0 bridgehead atoms. The zero-order chi connectivity index (χ0) is 19.0. The molecule has 0 spiro atoms. The first-order valence-electron chi connectivity index (χ1n) is 9.57. The number of hydrogen-bond acceptors (Lipinski definition) is 7. The maximum Gasteiger partial charge on any atom is 0.276 e. The third-order valence-electron chi connectivity index (χ3n) is 5.29. The Hall–Kier alpha value is -2.64. The molecular formula is C19H26N6O2. The zero-order valence-corrected chi connectivity index (χ0v) is 16.2. The summed E-state index contributed by atoms with van der Waals surface area (Å²) >= 11 is 0. The summed E-state index contributed by atoms with van der Waals surface area (Å²) in [5, 5.41) is 4.08. The Balaban J connectivity index is 1.45. The summed E-state index contributed by atoms with van der Waals surface area (Å²) in [5.41, 5.74) is 2.47. The number of aryl methyl sites for hydroxylation is 2. The predicted molar refractivity (Wildman–Crippen MR) is 102 cm³/mol. The third kappa shape index (κ3) is 3.48. The largest absolute Gasteiger partial charge is 0.363 e. The van der Waals surface area contributed by atoms with Crippen molar-refractivity contribution in [2.24, 2.45) is 0 Å². The first kappa shape index (κ1) is 17.8. The molecule has 2 aromatic rings. The normalized spacial score (nSPS) is 17.0. The van der Waals surface area contributed by atoms with E-state index >= 15 is 0 Å². The molecule has 0 atom stereocenters. The van der Waals surface area contributed by atoms with Crippen molar-refractivity contribution in [3.05, 3.63) is 28.8 Å². The summed E-state index contributed by atoms with van der Waals surface area (Å²) in [6.45, 7) is 4.67. The molecule has 0 N–H and O–H groups in total. The Bertz CT molecular complexity index is 839. The molecule has 4 rings (SSSR count). The van der Waals surface area contributed by atoms with Crippen molar-refractivity contribution in [3.8, 4) is 0 Å². The van der Waals surface area contributed by atoms with Gasteiger partial charge in [-0.2, -0.15) is 4.98 Å². The molecule has 1 fully saturated rings. The van der Waals surface area contributed by atoms with Crippen molar-refractivity contribution < 1.29 is 9.32 Å². The third-order valence-corrected chi connectivity index (χ3v) is 5.29. The van der Waals surface area contributed by atoms with Crippen molar-refractivity contribution >= 4 is 17.7 Å². The van der Waals surface area contributed by atoms with Crippen LogP contribution in [-0.2, 0) is 12.8 Å². The van der Waals surface area contributed by atoms with Gasteiger partial charge in [-0.3, -0.25) is 4.79 Å². The average molecular weight is 370 g/mol. The Morgan fingerprint density at radius 3 is 2.59 bits per heavy atom. The number of rotatable bonds is 3. The van der Waals surface area contributed by atoms with Gasteiger partial charge in [0, 0.05) is 64.0 Å². The molecule has 2 aliphatic rings. The Morgan fingerprint density at radius 2 is 1.85 bits per heavy atom. The van der Waals surface area contributed by atoms with E-state index in [1.54, 1.807) is 0 Å². The minimum absolute atomic E-state index is 0.0132. The number of nitrogens with zero attached hydrogens (tertiary/aromatic N) is 6. The van der Waals surface area contributed by atoms with Crippen LogP contribution in [0.3, 0.4) is 0 Å². The molecule has 1 amide bonds. The Morgan fingerprint density at radius 1 is 1.11 bits per heavy atom. The van der Waals surface area contributed by atoms with Crippen molar-refractivity contribution in [1.29, 1.82) is 0 Å². The number of carbonyl (C=O) groups is 1. The SMILES string of the molecule is Cc1cc(N(C)C)nc(N2CCN(C(=O)c3noc4c3CCCC4)CC2)n1. The number of fused-ring (bicyclic) bond motifs is 1. The van der Waals surface area contributed by atoms with Crippen LogP contribution < -0.4 is 9.80 Å². The molecule has 1 aliphatic carbocycles. The average Bonchev–Trinajstić information content (AvgIpc) is 3.11. The fraction of sp³-hybridized carbons (Fsp3) is 0.579. The van der Waals surface area contributed by atoms with E-state index in [1.165, 1.54) is 0 Å². The van der Waals surface area contributed by atoms with Crippen LogP contribution in [-0.4, -0.2) is 66.2 Å². The van der Waals surface area contributed by atoms with Crippen molar-refractivity contribution in [1.82, 2.24) is 20.0 Å². The van der Waals surface area contributed by atoms with Crippen LogP contribution >= 0.6 is 0 Å². The van der Waals surface area contributed by atoms with Crippen molar-refractivity contribution in [3.63, 3.8) is 0 Å². The second kappa shape index (κ2) is 7.17. The molecule has 0 unspecified atom stereocenters. The van der Waals surface area contributed by atoms with Gasteiger partial charge in [-0.05, 0) is 26.2 Å². The Labute approximate surface area is 159 Å². The highest BCUT2D eigenvalue weighted by molar-refractivity contribution is 5.94. The van der Waals surface area contributed by atoms with Gasteiger partial charge >= 0.3 is 0 Å². The summed E-state index contributed by atoms with van der Waals surface area (Å²) in [6.07, 6.45) is 3.99. The molecule has 144 valence electrons.